The van der Waals surface area contributed by atoms with Gasteiger partial charge in [0.05, 0.1) is 0 Å². The molecule has 0 spiro atoms. The van der Waals surface area contributed by atoms with Gasteiger partial charge in [-0.05, 0) is 60.8 Å². The van der Waals surface area contributed by atoms with Gasteiger partial charge in [0, 0.05) is 42.8 Å². The molecule has 0 bridgehead atoms. The first-order valence-corrected chi connectivity index (χ1v) is 9.44. The van der Waals surface area contributed by atoms with Crippen molar-refractivity contribution in [1.29, 1.82) is 0 Å². The summed E-state index contributed by atoms with van der Waals surface area (Å²) in [6.07, 6.45) is 6.05. The first kappa shape index (κ1) is 20.1. The van der Waals surface area contributed by atoms with E-state index in [1.807, 2.05) is 31.6 Å². The molecule has 0 radical (unpaired) electrons. The molecule has 1 aromatic carbocycles. The lowest BCUT2D eigenvalue weighted by atomic mass is 10.1. The van der Waals surface area contributed by atoms with Gasteiger partial charge >= 0.3 is 0 Å². The summed E-state index contributed by atoms with van der Waals surface area (Å²) in [5.74, 6) is -0.536. The van der Waals surface area contributed by atoms with E-state index in [2.05, 4.69) is 28.2 Å². The highest BCUT2D eigenvalue weighted by molar-refractivity contribution is 7.80. The highest BCUT2D eigenvalue weighted by atomic mass is 32.1. The molecule has 2 N–H and O–H groups in total. The van der Waals surface area contributed by atoms with Crippen LogP contribution in [0, 0.1) is 12.7 Å². The summed E-state index contributed by atoms with van der Waals surface area (Å²) in [6.45, 7) is 3.07. The minimum Gasteiger partial charge on any atom is -0.345 e. The van der Waals surface area contributed by atoms with E-state index in [-0.39, 0.29) is 11.7 Å². The third-order valence-electron chi connectivity index (χ3n) is 4.50. The van der Waals surface area contributed by atoms with Crippen molar-refractivity contribution in [3.8, 4) is 0 Å². The quantitative estimate of drug-likeness (QED) is 0.420. The highest BCUT2D eigenvalue weighted by Crippen LogP contribution is 2.23. The summed E-state index contributed by atoms with van der Waals surface area (Å²) in [5, 5.41) is 6.21. The average Bonchev–Trinajstić information content (AvgIpc) is 2.96. The van der Waals surface area contributed by atoms with E-state index in [9.17, 15) is 9.18 Å². The van der Waals surface area contributed by atoms with E-state index in [1.54, 1.807) is 29.8 Å². The lowest BCUT2D eigenvalue weighted by Gasteiger charge is -2.11. The van der Waals surface area contributed by atoms with Crippen LogP contribution in [0.4, 0.5) is 10.1 Å². The molecule has 146 valence electrons. The highest BCUT2D eigenvalue weighted by Gasteiger charge is 2.19. The number of hydrogen-bond acceptors (Lipinski definition) is 4. The van der Waals surface area contributed by atoms with E-state index in [4.69, 9.17) is 0 Å². The van der Waals surface area contributed by atoms with Gasteiger partial charge in [0.15, 0.2) is 0 Å². The number of nitrogens with one attached hydrogen (secondary N) is 2. The summed E-state index contributed by atoms with van der Waals surface area (Å²) in [7, 11) is 1.82. The van der Waals surface area contributed by atoms with Gasteiger partial charge in [-0.25, -0.2) is 4.39 Å². The first-order chi connectivity index (χ1) is 13.5. The van der Waals surface area contributed by atoms with Gasteiger partial charge in [-0.2, -0.15) is 0 Å². The van der Waals surface area contributed by atoms with Crippen LogP contribution in [0.25, 0.3) is 0 Å². The van der Waals surface area contributed by atoms with Crippen molar-refractivity contribution in [2.24, 2.45) is 7.05 Å². The second-order valence-corrected chi connectivity index (χ2v) is 7.14. The van der Waals surface area contributed by atoms with Gasteiger partial charge in [0.25, 0.3) is 5.91 Å². The maximum Gasteiger partial charge on any atom is 0.272 e. The van der Waals surface area contributed by atoms with Crippen molar-refractivity contribution in [1.82, 2.24) is 14.9 Å². The predicted octanol–water partition coefficient (Wildman–Crippen LogP) is 3.74. The number of halogens is 1. The number of benzene rings is 1. The van der Waals surface area contributed by atoms with Crippen molar-refractivity contribution in [2.45, 2.75) is 24.8 Å². The Hall–Kier alpha value is -2.64. The molecule has 28 heavy (non-hydrogen) atoms. The fourth-order valence-corrected chi connectivity index (χ4v) is 3.46. The molecule has 0 saturated carbocycles. The zero-order valence-corrected chi connectivity index (χ0v) is 16.8. The average molecular weight is 399 g/mol. The fraction of sp³-hybridized carbons (Fsp3) is 0.238. The normalized spacial score (nSPS) is 10.9. The van der Waals surface area contributed by atoms with Gasteiger partial charge in [-0.15, -0.1) is 12.6 Å². The van der Waals surface area contributed by atoms with Crippen LogP contribution in [-0.2, 0) is 20.0 Å². The Morgan fingerprint density at radius 2 is 2.14 bits per heavy atom. The Bertz CT molecular complexity index is 972. The molecule has 0 aliphatic heterocycles. The standard InChI is InChI=1S/C21H23FN4OS/c1-14-10-16(5-6-18(14)22)25-21(27)20-17(19(28)13-26(20)2)7-9-24-12-15-4-3-8-23-11-15/h3-6,8,10-11,13,24,28H,7,9,12H2,1-2H3,(H,25,27). The van der Waals surface area contributed by atoms with E-state index in [0.717, 1.165) is 16.0 Å². The smallest absolute Gasteiger partial charge is 0.272 e. The van der Waals surface area contributed by atoms with Crippen molar-refractivity contribution in [3.63, 3.8) is 0 Å². The molecule has 0 fully saturated rings. The predicted molar refractivity (Wildman–Crippen MR) is 111 cm³/mol. The number of nitrogens with zero attached hydrogens (tertiary/aromatic N) is 2. The fourth-order valence-electron chi connectivity index (χ4n) is 3.07. The Labute approximate surface area is 169 Å². The molecule has 3 rings (SSSR count). The molecule has 0 aliphatic rings. The molecule has 0 atom stereocenters. The molecule has 2 heterocycles. The monoisotopic (exact) mass is 398 g/mol. The van der Waals surface area contributed by atoms with Crippen molar-refractivity contribution >= 4 is 24.2 Å². The van der Waals surface area contributed by atoms with Crippen LogP contribution in [-0.4, -0.2) is 22.0 Å². The summed E-state index contributed by atoms with van der Waals surface area (Å²) < 4.78 is 15.2. The van der Waals surface area contributed by atoms with Gasteiger partial charge in [-0.3, -0.25) is 9.78 Å². The van der Waals surface area contributed by atoms with Crippen LogP contribution in [0.5, 0.6) is 0 Å². The number of carbonyl (C=O) groups excluding carboxylic acids is 1. The van der Waals surface area contributed by atoms with E-state index in [1.165, 1.54) is 6.07 Å². The number of hydrogen-bond donors (Lipinski definition) is 3. The Kier molecular flexibility index (Phi) is 6.49. The third-order valence-corrected chi connectivity index (χ3v) is 4.88. The first-order valence-electron chi connectivity index (χ1n) is 9.00. The minimum absolute atomic E-state index is 0.240. The Morgan fingerprint density at radius 1 is 1.32 bits per heavy atom. The summed E-state index contributed by atoms with van der Waals surface area (Å²) >= 11 is 4.52. The summed E-state index contributed by atoms with van der Waals surface area (Å²) in [5.41, 5.74) is 3.58. The van der Waals surface area contributed by atoms with Crippen molar-refractivity contribution in [2.75, 3.05) is 11.9 Å². The molecule has 0 saturated heterocycles. The Balaban J connectivity index is 1.67. The largest absolute Gasteiger partial charge is 0.345 e. The van der Waals surface area contributed by atoms with E-state index < -0.39 is 0 Å². The van der Waals surface area contributed by atoms with Gasteiger partial charge in [-0.1, -0.05) is 6.07 Å². The molecule has 0 unspecified atom stereocenters. The molecular weight excluding hydrogens is 375 g/mol. The topological polar surface area (TPSA) is 59.0 Å². The number of thiol groups is 1. The van der Waals surface area contributed by atoms with Gasteiger partial charge in [0.1, 0.15) is 11.5 Å². The number of rotatable bonds is 7. The van der Waals surface area contributed by atoms with Crippen LogP contribution in [0.1, 0.15) is 27.2 Å². The number of aromatic nitrogens is 2. The molecule has 5 nitrogen and oxygen atoms in total. The molecule has 7 heteroatoms. The molecule has 1 amide bonds. The second kappa shape index (κ2) is 9.03. The minimum atomic E-state index is -0.296. The van der Waals surface area contributed by atoms with Crippen LogP contribution in [0.15, 0.2) is 53.8 Å². The van der Waals surface area contributed by atoms with Gasteiger partial charge in [0.2, 0.25) is 0 Å². The summed E-state index contributed by atoms with van der Waals surface area (Å²) in [6, 6.07) is 8.44. The second-order valence-electron chi connectivity index (χ2n) is 6.66. The van der Waals surface area contributed by atoms with Gasteiger partial charge < -0.3 is 15.2 Å². The maximum absolute atomic E-state index is 13.4. The molecular formula is C21H23FN4OS. The van der Waals surface area contributed by atoms with Crippen LogP contribution < -0.4 is 10.6 Å². The lowest BCUT2D eigenvalue weighted by molar-refractivity contribution is 0.101. The van der Waals surface area contributed by atoms with Crippen LogP contribution in [0.3, 0.4) is 0 Å². The van der Waals surface area contributed by atoms with Crippen LogP contribution >= 0.6 is 12.6 Å². The van der Waals surface area contributed by atoms with Crippen LogP contribution in [0.2, 0.25) is 0 Å². The number of anilines is 1. The van der Waals surface area contributed by atoms with Crippen molar-refractivity contribution in [3.05, 3.63) is 77.1 Å². The Morgan fingerprint density at radius 3 is 2.86 bits per heavy atom. The number of carbonyl (C=O) groups is 1. The lowest BCUT2D eigenvalue weighted by Crippen LogP contribution is -2.21. The zero-order valence-electron chi connectivity index (χ0n) is 15.9. The zero-order chi connectivity index (χ0) is 20.1. The number of amides is 1. The third kappa shape index (κ3) is 4.79. The van der Waals surface area contributed by atoms with E-state index in [0.29, 0.717) is 36.5 Å². The number of aryl methyl sites for hydroxylation is 2. The SMILES string of the molecule is Cc1cc(NC(=O)c2c(CCNCc3cccnc3)c(S)cn2C)ccc1F. The van der Waals surface area contributed by atoms with E-state index >= 15 is 0 Å². The van der Waals surface area contributed by atoms with Crippen molar-refractivity contribution < 1.29 is 9.18 Å². The molecule has 3 aromatic rings. The molecule has 0 aliphatic carbocycles. The number of pyridine rings is 1. The maximum atomic E-state index is 13.4. The summed E-state index contributed by atoms with van der Waals surface area (Å²) in [4.78, 5) is 17.7. The molecule has 2 aromatic heterocycles.